The number of hydrogen-bond donors (Lipinski definition) is 0. The molecule has 1 saturated heterocycles. The van der Waals surface area contributed by atoms with Gasteiger partial charge in [0.2, 0.25) is 5.91 Å². The minimum absolute atomic E-state index is 0.144. The van der Waals surface area contributed by atoms with E-state index < -0.39 is 0 Å². The maximum atomic E-state index is 12.3. The number of imidazole rings is 1. The lowest BCUT2D eigenvalue weighted by Crippen LogP contribution is -2.42. The van der Waals surface area contributed by atoms with Gasteiger partial charge < -0.3 is 14.2 Å². The van der Waals surface area contributed by atoms with Gasteiger partial charge in [-0.15, -0.1) is 0 Å². The van der Waals surface area contributed by atoms with Gasteiger partial charge in [-0.05, 0) is 25.7 Å². The minimum Gasteiger partial charge on any atom is -0.368 e. The SMILES string of the molecule is O=C(COC1CCCCC1)N1CCCC(n2ccnc2)C1. The summed E-state index contributed by atoms with van der Waals surface area (Å²) in [4.78, 5) is 18.4. The van der Waals surface area contributed by atoms with E-state index in [-0.39, 0.29) is 12.5 Å². The fourth-order valence-electron chi connectivity index (χ4n) is 3.42. The van der Waals surface area contributed by atoms with Crippen molar-refractivity contribution in [1.82, 2.24) is 14.5 Å². The Kier molecular flexibility index (Phi) is 4.91. The molecule has 5 heteroatoms. The lowest BCUT2D eigenvalue weighted by atomic mass is 9.98. The van der Waals surface area contributed by atoms with Gasteiger partial charge in [-0.2, -0.15) is 0 Å². The van der Waals surface area contributed by atoms with Gasteiger partial charge in [-0.3, -0.25) is 4.79 Å². The molecule has 2 aliphatic rings. The van der Waals surface area contributed by atoms with Crippen molar-refractivity contribution in [3.63, 3.8) is 0 Å². The van der Waals surface area contributed by atoms with Crippen molar-refractivity contribution in [2.75, 3.05) is 19.7 Å². The number of ether oxygens (including phenoxy) is 1. The smallest absolute Gasteiger partial charge is 0.248 e. The molecule has 0 N–H and O–H groups in total. The summed E-state index contributed by atoms with van der Waals surface area (Å²) >= 11 is 0. The Bertz CT molecular complexity index is 440. The van der Waals surface area contributed by atoms with E-state index in [9.17, 15) is 4.79 Å². The molecule has 0 radical (unpaired) electrons. The summed E-state index contributed by atoms with van der Waals surface area (Å²) in [5.74, 6) is 0.144. The zero-order chi connectivity index (χ0) is 14.5. The summed E-state index contributed by atoms with van der Waals surface area (Å²) in [5.41, 5.74) is 0. The van der Waals surface area contributed by atoms with E-state index >= 15 is 0 Å². The molecule has 1 aliphatic heterocycles. The summed E-state index contributed by atoms with van der Waals surface area (Å²) in [6, 6.07) is 0.361. The summed E-state index contributed by atoms with van der Waals surface area (Å²) in [7, 11) is 0. The number of carbonyl (C=O) groups is 1. The van der Waals surface area contributed by atoms with Crippen LogP contribution in [0.3, 0.4) is 0 Å². The Morgan fingerprint density at radius 1 is 1.19 bits per heavy atom. The van der Waals surface area contributed by atoms with Crippen LogP contribution in [0.4, 0.5) is 0 Å². The van der Waals surface area contributed by atoms with Crippen LogP contribution >= 0.6 is 0 Å². The summed E-state index contributed by atoms with van der Waals surface area (Å²) in [6.45, 7) is 1.89. The van der Waals surface area contributed by atoms with Gasteiger partial charge >= 0.3 is 0 Å². The van der Waals surface area contributed by atoms with Gasteiger partial charge in [-0.1, -0.05) is 19.3 Å². The topological polar surface area (TPSA) is 47.4 Å². The molecule has 21 heavy (non-hydrogen) atoms. The molecule has 2 fully saturated rings. The summed E-state index contributed by atoms with van der Waals surface area (Å²) in [5, 5.41) is 0. The average Bonchev–Trinajstić information content (AvgIpc) is 3.08. The van der Waals surface area contributed by atoms with Gasteiger partial charge in [0.05, 0.1) is 18.5 Å². The number of amides is 1. The van der Waals surface area contributed by atoms with E-state index in [0.29, 0.717) is 12.1 Å². The second kappa shape index (κ2) is 7.07. The molecule has 1 unspecified atom stereocenters. The first-order valence-corrected chi connectivity index (χ1v) is 8.20. The van der Waals surface area contributed by atoms with Gasteiger partial charge in [0.25, 0.3) is 0 Å². The van der Waals surface area contributed by atoms with E-state index in [1.54, 1.807) is 6.20 Å². The molecule has 1 aromatic rings. The Morgan fingerprint density at radius 3 is 2.81 bits per heavy atom. The van der Waals surface area contributed by atoms with Crippen LogP contribution in [0.15, 0.2) is 18.7 Å². The van der Waals surface area contributed by atoms with Crippen LogP contribution in [-0.2, 0) is 9.53 Å². The number of carbonyl (C=O) groups excluding carboxylic acids is 1. The molecule has 0 bridgehead atoms. The zero-order valence-corrected chi connectivity index (χ0v) is 12.6. The predicted molar refractivity (Wildman–Crippen MR) is 79.9 cm³/mol. The van der Waals surface area contributed by atoms with E-state index in [1.807, 2.05) is 17.4 Å². The normalized spacial score (nSPS) is 24.2. The van der Waals surface area contributed by atoms with Crippen LogP contribution in [0.5, 0.6) is 0 Å². The van der Waals surface area contributed by atoms with Crippen LogP contribution in [-0.4, -0.2) is 46.2 Å². The maximum absolute atomic E-state index is 12.3. The fraction of sp³-hybridized carbons (Fsp3) is 0.750. The second-order valence-corrected chi connectivity index (χ2v) is 6.22. The molecule has 0 spiro atoms. The molecule has 1 aliphatic carbocycles. The van der Waals surface area contributed by atoms with E-state index in [1.165, 1.54) is 19.3 Å². The summed E-state index contributed by atoms with van der Waals surface area (Å²) < 4.78 is 7.93. The summed E-state index contributed by atoms with van der Waals surface area (Å²) in [6.07, 6.45) is 14.1. The number of aromatic nitrogens is 2. The first-order chi connectivity index (χ1) is 10.3. The number of piperidine rings is 1. The second-order valence-electron chi connectivity index (χ2n) is 6.22. The van der Waals surface area contributed by atoms with Crippen LogP contribution in [0.1, 0.15) is 51.0 Å². The van der Waals surface area contributed by atoms with Crippen molar-refractivity contribution in [3.05, 3.63) is 18.7 Å². The Balaban J connectivity index is 1.47. The molecular formula is C16H25N3O2. The van der Waals surface area contributed by atoms with Crippen LogP contribution in [0.2, 0.25) is 0 Å². The lowest BCUT2D eigenvalue weighted by Gasteiger charge is -2.33. The van der Waals surface area contributed by atoms with Crippen molar-refractivity contribution in [1.29, 1.82) is 0 Å². The number of nitrogens with zero attached hydrogens (tertiary/aromatic N) is 3. The molecule has 5 nitrogen and oxygen atoms in total. The van der Waals surface area contributed by atoms with E-state index in [0.717, 1.165) is 38.8 Å². The highest BCUT2D eigenvalue weighted by atomic mass is 16.5. The molecule has 1 atom stereocenters. The minimum atomic E-state index is 0.144. The van der Waals surface area contributed by atoms with Crippen molar-refractivity contribution in [2.24, 2.45) is 0 Å². The average molecular weight is 291 g/mol. The Morgan fingerprint density at radius 2 is 2.05 bits per heavy atom. The monoisotopic (exact) mass is 291 g/mol. The number of rotatable bonds is 4. The van der Waals surface area contributed by atoms with E-state index in [2.05, 4.69) is 9.55 Å². The molecule has 1 saturated carbocycles. The fourth-order valence-corrected chi connectivity index (χ4v) is 3.42. The van der Waals surface area contributed by atoms with Crippen LogP contribution in [0, 0.1) is 0 Å². The number of likely N-dealkylation sites (tertiary alicyclic amines) is 1. The van der Waals surface area contributed by atoms with Crippen LogP contribution in [0.25, 0.3) is 0 Å². The van der Waals surface area contributed by atoms with Gasteiger partial charge in [-0.25, -0.2) is 4.98 Å². The quantitative estimate of drug-likeness (QED) is 0.856. The molecule has 3 rings (SSSR count). The van der Waals surface area contributed by atoms with Crippen molar-refractivity contribution in [3.8, 4) is 0 Å². The first-order valence-electron chi connectivity index (χ1n) is 8.20. The first kappa shape index (κ1) is 14.6. The Labute approximate surface area is 126 Å². The third-order valence-corrected chi connectivity index (χ3v) is 4.69. The molecule has 1 aromatic heterocycles. The van der Waals surface area contributed by atoms with Crippen molar-refractivity contribution in [2.45, 2.75) is 57.1 Å². The lowest BCUT2D eigenvalue weighted by molar-refractivity contribution is -0.140. The number of hydrogen-bond acceptors (Lipinski definition) is 3. The third kappa shape index (κ3) is 3.84. The maximum Gasteiger partial charge on any atom is 0.248 e. The molecule has 1 amide bonds. The Hall–Kier alpha value is -1.36. The van der Waals surface area contributed by atoms with Crippen LogP contribution < -0.4 is 0 Å². The van der Waals surface area contributed by atoms with Gasteiger partial charge in [0.1, 0.15) is 6.61 Å². The highest BCUT2D eigenvalue weighted by Crippen LogP contribution is 2.22. The van der Waals surface area contributed by atoms with Crippen molar-refractivity contribution < 1.29 is 9.53 Å². The predicted octanol–water partition coefficient (Wildman–Crippen LogP) is 2.40. The van der Waals surface area contributed by atoms with E-state index in [4.69, 9.17) is 4.74 Å². The highest BCUT2D eigenvalue weighted by molar-refractivity contribution is 5.77. The van der Waals surface area contributed by atoms with Crippen molar-refractivity contribution >= 4 is 5.91 Å². The third-order valence-electron chi connectivity index (χ3n) is 4.69. The standard InChI is InChI=1S/C16H25N3O2/c20-16(12-21-15-6-2-1-3-7-15)18-9-4-5-14(11-18)19-10-8-17-13-19/h8,10,13-15H,1-7,9,11-12H2. The molecule has 116 valence electrons. The molecule has 0 aromatic carbocycles. The van der Waals surface area contributed by atoms with Gasteiger partial charge in [0.15, 0.2) is 0 Å². The van der Waals surface area contributed by atoms with Gasteiger partial charge in [0, 0.05) is 25.5 Å². The largest absolute Gasteiger partial charge is 0.368 e. The zero-order valence-electron chi connectivity index (χ0n) is 12.6. The molecule has 2 heterocycles. The highest BCUT2D eigenvalue weighted by Gasteiger charge is 2.25. The molecular weight excluding hydrogens is 266 g/mol.